The molecule has 6 heteroatoms. The molecule has 0 spiro atoms. The molecule has 5 nitrogen and oxygen atoms in total. The molecule has 0 aliphatic heterocycles. The van der Waals surface area contributed by atoms with Crippen LogP contribution in [0.1, 0.15) is 24.0 Å². The lowest BCUT2D eigenvalue weighted by Crippen LogP contribution is -2.08. The van der Waals surface area contributed by atoms with Crippen molar-refractivity contribution >= 4 is 13.7 Å². The quantitative estimate of drug-likeness (QED) is 0.478. The summed E-state index contributed by atoms with van der Waals surface area (Å²) in [6.07, 6.45) is 1.78. The molecule has 0 aliphatic carbocycles. The molecule has 0 bridgehead atoms. The largest absolute Gasteiger partial charge is 0.460 e. The Balaban J connectivity index is 2.04. The van der Waals surface area contributed by atoms with Gasteiger partial charge in [-0.15, -0.1) is 0 Å². The molecule has 1 unspecified atom stereocenters. The van der Waals surface area contributed by atoms with Gasteiger partial charge in [-0.25, -0.2) is 5.20 Å². The maximum Gasteiger partial charge on any atom is 0.313 e. The average Bonchev–Trinajstić information content (AvgIpc) is 2.86. The number of nitrogens with zero attached hydrogens (tertiary/aromatic N) is 1. The van der Waals surface area contributed by atoms with Crippen LogP contribution in [0.4, 0.5) is 0 Å². The van der Waals surface area contributed by atoms with E-state index in [2.05, 4.69) is 10.3 Å². The van der Waals surface area contributed by atoms with Crippen molar-refractivity contribution in [3.8, 4) is 0 Å². The van der Waals surface area contributed by atoms with E-state index in [1.165, 1.54) is 6.21 Å². The van der Waals surface area contributed by atoms with Gasteiger partial charge in [0, 0.05) is 0 Å². The van der Waals surface area contributed by atoms with Crippen molar-refractivity contribution in [2.45, 2.75) is 20.0 Å². The zero-order chi connectivity index (χ0) is 15.1. The molecular formula is C15H19N2O3P. The van der Waals surface area contributed by atoms with E-state index in [1.807, 2.05) is 43.3 Å². The third-order valence-corrected chi connectivity index (χ3v) is 4.61. The zero-order valence-electron chi connectivity index (χ0n) is 12.2. The van der Waals surface area contributed by atoms with Gasteiger partial charge in [-0.2, -0.15) is 5.10 Å². The first kappa shape index (κ1) is 15.5. The monoisotopic (exact) mass is 306 g/mol. The number of hydrogen-bond donors (Lipinski definition) is 1. The Kier molecular flexibility index (Phi) is 5.37. The molecule has 1 aromatic carbocycles. The second-order valence-corrected chi connectivity index (χ2v) is 6.66. The summed E-state index contributed by atoms with van der Waals surface area (Å²) < 4.78 is 23.4. The lowest BCUT2D eigenvalue weighted by atomic mass is 10.2. The van der Waals surface area contributed by atoms with Crippen LogP contribution in [0.3, 0.4) is 0 Å². The highest BCUT2D eigenvalue weighted by molar-refractivity contribution is 7.56. The number of furan rings is 1. The number of hydrogen-bond acceptors (Lipinski definition) is 4. The van der Waals surface area contributed by atoms with Crippen molar-refractivity contribution in [2.75, 3.05) is 6.61 Å². The number of nitrogens with one attached hydrogen (secondary N) is 1. The van der Waals surface area contributed by atoms with Crippen LogP contribution in [-0.2, 0) is 15.3 Å². The van der Waals surface area contributed by atoms with Gasteiger partial charge in [0.2, 0.25) is 0 Å². The minimum Gasteiger partial charge on any atom is -0.460 e. The van der Waals surface area contributed by atoms with Crippen LogP contribution in [0.15, 0.2) is 52.0 Å². The number of hydrazone groups is 1. The summed E-state index contributed by atoms with van der Waals surface area (Å²) in [4.78, 5) is 0. The van der Waals surface area contributed by atoms with Crippen LogP contribution < -0.4 is 5.20 Å². The van der Waals surface area contributed by atoms with E-state index in [-0.39, 0.29) is 6.16 Å². The highest BCUT2D eigenvalue weighted by atomic mass is 31.2. The zero-order valence-corrected chi connectivity index (χ0v) is 13.0. The predicted octanol–water partition coefficient (Wildman–Crippen LogP) is 3.94. The van der Waals surface area contributed by atoms with Crippen molar-refractivity contribution in [3.05, 3.63) is 59.5 Å². The topological polar surface area (TPSA) is 63.8 Å². The summed E-state index contributed by atoms with van der Waals surface area (Å²) in [5.41, 5.74) is 0.936. The van der Waals surface area contributed by atoms with Crippen molar-refractivity contribution in [2.24, 2.45) is 5.10 Å². The number of benzene rings is 1. The highest BCUT2D eigenvalue weighted by Crippen LogP contribution is 2.45. The minimum absolute atomic E-state index is 0.288. The van der Waals surface area contributed by atoms with Gasteiger partial charge >= 0.3 is 7.52 Å². The lowest BCUT2D eigenvalue weighted by Gasteiger charge is -2.16. The van der Waals surface area contributed by atoms with Gasteiger partial charge in [-0.3, -0.25) is 4.57 Å². The van der Waals surface area contributed by atoms with Crippen LogP contribution in [0, 0.1) is 6.92 Å². The summed E-state index contributed by atoms with van der Waals surface area (Å²) in [5, 5.41) is 6.63. The smallest absolute Gasteiger partial charge is 0.313 e. The van der Waals surface area contributed by atoms with Crippen molar-refractivity contribution in [1.82, 2.24) is 5.20 Å². The van der Waals surface area contributed by atoms with Crippen LogP contribution in [0.5, 0.6) is 0 Å². The van der Waals surface area contributed by atoms with E-state index in [1.54, 1.807) is 13.0 Å². The number of aryl methyl sites for hydroxylation is 1. The maximum atomic E-state index is 12.7. The van der Waals surface area contributed by atoms with Crippen LogP contribution in [0.2, 0.25) is 0 Å². The first-order chi connectivity index (χ1) is 10.1. The van der Waals surface area contributed by atoms with Crippen LogP contribution in [0.25, 0.3) is 0 Å². The normalized spacial score (nSPS) is 14.2. The first-order valence-electron chi connectivity index (χ1n) is 6.75. The molecular weight excluding hydrogens is 287 g/mol. The Labute approximate surface area is 124 Å². The molecule has 1 heterocycles. The molecule has 0 saturated carbocycles. The second kappa shape index (κ2) is 7.25. The molecule has 2 aromatic rings. The fraction of sp³-hybridized carbons (Fsp3) is 0.267. The third-order valence-electron chi connectivity index (χ3n) is 2.73. The Hall–Kier alpha value is -1.84. The summed E-state index contributed by atoms with van der Waals surface area (Å²) in [7, 11) is -3.06. The molecule has 21 heavy (non-hydrogen) atoms. The first-order valence-corrected chi connectivity index (χ1v) is 8.56. The van der Waals surface area contributed by atoms with E-state index in [9.17, 15) is 4.57 Å². The molecule has 0 aliphatic rings. The summed E-state index contributed by atoms with van der Waals surface area (Å²) in [6, 6.07) is 13.2. The van der Waals surface area contributed by atoms with Crippen LogP contribution >= 0.6 is 7.52 Å². The van der Waals surface area contributed by atoms with Crippen molar-refractivity contribution < 1.29 is 13.5 Å². The fourth-order valence-corrected chi connectivity index (χ4v) is 3.41. The Morgan fingerprint density at radius 3 is 2.67 bits per heavy atom. The van der Waals surface area contributed by atoms with E-state index in [0.29, 0.717) is 12.4 Å². The van der Waals surface area contributed by atoms with Gasteiger partial charge in [0.1, 0.15) is 11.5 Å². The van der Waals surface area contributed by atoms with Gasteiger partial charge in [-0.05, 0) is 31.5 Å². The van der Waals surface area contributed by atoms with E-state index in [0.717, 1.165) is 11.3 Å². The fourth-order valence-electron chi connectivity index (χ4n) is 1.85. The number of rotatable bonds is 7. The second-order valence-electron chi connectivity index (χ2n) is 4.54. The highest BCUT2D eigenvalue weighted by Gasteiger charge is 2.22. The van der Waals surface area contributed by atoms with Crippen molar-refractivity contribution in [3.63, 3.8) is 0 Å². The van der Waals surface area contributed by atoms with Gasteiger partial charge in [-0.1, -0.05) is 30.3 Å². The SMILES string of the molecule is CCOP(=O)(Cc1ccccc1)N/N=C/c1ccc(C)o1. The summed E-state index contributed by atoms with van der Waals surface area (Å²) in [6.45, 7) is 4.01. The van der Waals surface area contributed by atoms with Gasteiger partial charge in [0.25, 0.3) is 0 Å². The third kappa shape index (κ3) is 4.88. The molecule has 2 rings (SSSR count). The maximum absolute atomic E-state index is 12.7. The average molecular weight is 306 g/mol. The van der Waals surface area contributed by atoms with E-state index >= 15 is 0 Å². The van der Waals surface area contributed by atoms with E-state index < -0.39 is 7.52 Å². The molecule has 112 valence electrons. The Morgan fingerprint density at radius 1 is 1.29 bits per heavy atom. The lowest BCUT2D eigenvalue weighted by molar-refractivity contribution is 0.324. The molecule has 0 saturated heterocycles. The van der Waals surface area contributed by atoms with Gasteiger partial charge in [0.15, 0.2) is 0 Å². The van der Waals surface area contributed by atoms with Gasteiger partial charge < -0.3 is 8.94 Å². The van der Waals surface area contributed by atoms with Crippen LogP contribution in [-0.4, -0.2) is 12.8 Å². The Morgan fingerprint density at radius 2 is 2.05 bits per heavy atom. The summed E-state index contributed by atoms with van der Waals surface area (Å²) in [5.74, 6) is 1.40. The molecule has 0 amide bonds. The molecule has 1 aromatic heterocycles. The summed E-state index contributed by atoms with van der Waals surface area (Å²) >= 11 is 0. The molecule has 0 fully saturated rings. The molecule has 0 radical (unpaired) electrons. The van der Waals surface area contributed by atoms with Gasteiger partial charge in [0.05, 0.1) is 19.0 Å². The predicted molar refractivity (Wildman–Crippen MR) is 83.6 cm³/mol. The Bertz CT molecular complexity index is 637. The van der Waals surface area contributed by atoms with Crippen molar-refractivity contribution in [1.29, 1.82) is 0 Å². The minimum atomic E-state index is -3.06. The molecule has 1 atom stereocenters. The van der Waals surface area contributed by atoms with E-state index in [4.69, 9.17) is 8.94 Å². The standard InChI is InChI=1S/C15H19N2O3P/c1-3-19-21(18,12-14-7-5-4-6-8-14)17-16-11-15-10-9-13(2)20-15/h4-11H,3,12H2,1-2H3,(H,17,18)/b16-11+. The molecule has 1 N–H and O–H groups in total.